The molecule has 4 aromatic rings. The van der Waals surface area contributed by atoms with Gasteiger partial charge < -0.3 is 25.0 Å². The van der Waals surface area contributed by atoms with Gasteiger partial charge in [0.15, 0.2) is 5.13 Å². The molecule has 2 amide bonds. The smallest absolute Gasteiger partial charge is 0.303 e. The van der Waals surface area contributed by atoms with Gasteiger partial charge in [-0.05, 0) is 30.7 Å². The van der Waals surface area contributed by atoms with Crippen molar-refractivity contribution < 1.29 is 24.2 Å². The van der Waals surface area contributed by atoms with Crippen LogP contribution in [0.15, 0.2) is 54.6 Å². The van der Waals surface area contributed by atoms with E-state index in [0.717, 1.165) is 20.7 Å². The van der Waals surface area contributed by atoms with Gasteiger partial charge in [-0.2, -0.15) is 0 Å². The van der Waals surface area contributed by atoms with E-state index in [2.05, 4.69) is 15.2 Å². The Labute approximate surface area is 222 Å². The molecule has 10 nitrogen and oxygen atoms in total. The fourth-order valence-electron chi connectivity index (χ4n) is 4.52. The lowest BCUT2D eigenvalue weighted by molar-refractivity contribution is -0.138. The second kappa shape index (κ2) is 11.0. The Morgan fingerprint density at radius 2 is 1.74 bits per heavy atom. The quantitative estimate of drug-likeness (QED) is 0.354. The van der Waals surface area contributed by atoms with Crippen LogP contribution in [0.2, 0.25) is 0 Å². The highest BCUT2D eigenvalue weighted by molar-refractivity contribution is 7.22. The van der Waals surface area contributed by atoms with Crippen LogP contribution in [0.3, 0.4) is 0 Å². The number of nitrogens with zero attached hydrogens (tertiary/aromatic N) is 4. The number of aromatic nitrogens is 2. The first kappa shape index (κ1) is 25.4. The third-order valence-electron chi connectivity index (χ3n) is 6.53. The van der Waals surface area contributed by atoms with Crippen LogP contribution in [0.25, 0.3) is 21.1 Å². The molecule has 38 heavy (non-hydrogen) atoms. The number of nitrogens with one attached hydrogen (secondary N) is 1. The first-order valence-corrected chi connectivity index (χ1v) is 13.1. The Balaban J connectivity index is 1.29. The lowest BCUT2D eigenvalue weighted by atomic mass is 10.1. The molecule has 0 spiro atoms. The average Bonchev–Trinajstić information content (AvgIpc) is 3.38. The van der Waals surface area contributed by atoms with E-state index in [4.69, 9.17) is 9.72 Å². The SMILES string of the molecule is COc1cc(C(=O)NC(CCC(=O)O)C(=O)N2CCN(c3nc4ccccc4s3)CC2)nc2ccccc12. The van der Waals surface area contributed by atoms with E-state index in [9.17, 15) is 19.5 Å². The summed E-state index contributed by atoms with van der Waals surface area (Å²) < 4.78 is 6.54. The van der Waals surface area contributed by atoms with Gasteiger partial charge in [0.2, 0.25) is 5.91 Å². The van der Waals surface area contributed by atoms with Crippen molar-refractivity contribution in [1.82, 2.24) is 20.2 Å². The van der Waals surface area contributed by atoms with Gasteiger partial charge in [0.05, 0.1) is 22.8 Å². The van der Waals surface area contributed by atoms with Crippen molar-refractivity contribution >= 4 is 55.4 Å². The van der Waals surface area contributed by atoms with E-state index in [1.807, 2.05) is 42.5 Å². The number of carboxylic acids is 1. The molecule has 1 saturated heterocycles. The molecule has 1 aliphatic heterocycles. The lowest BCUT2D eigenvalue weighted by Crippen LogP contribution is -2.55. The maximum Gasteiger partial charge on any atom is 0.303 e. The summed E-state index contributed by atoms with van der Waals surface area (Å²) in [5.74, 6) is -1.43. The molecule has 5 rings (SSSR count). The fourth-order valence-corrected chi connectivity index (χ4v) is 5.54. The molecule has 2 aromatic heterocycles. The summed E-state index contributed by atoms with van der Waals surface area (Å²) in [7, 11) is 1.51. The number of methoxy groups -OCH3 is 1. The molecule has 3 heterocycles. The number of fused-ring (bicyclic) bond motifs is 2. The van der Waals surface area contributed by atoms with Gasteiger partial charge in [0, 0.05) is 44.1 Å². The predicted octanol–water partition coefficient (Wildman–Crippen LogP) is 3.17. The van der Waals surface area contributed by atoms with Gasteiger partial charge in [0.1, 0.15) is 17.5 Å². The number of aliphatic carboxylic acids is 1. The Bertz CT molecular complexity index is 1460. The van der Waals surface area contributed by atoms with E-state index in [1.54, 1.807) is 22.3 Å². The van der Waals surface area contributed by atoms with Crippen LogP contribution in [0.1, 0.15) is 23.3 Å². The molecule has 1 aliphatic rings. The maximum atomic E-state index is 13.4. The first-order chi connectivity index (χ1) is 18.4. The van der Waals surface area contributed by atoms with Gasteiger partial charge in [0.25, 0.3) is 5.91 Å². The molecule has 196 valence electrons. The summed E-state index contributed by atoms with van der Waals surface area (Å²) >= 11 is 1.61. The summed E-state index contributed by atoms with van der Waals surface area (Å²) in [4.78, 5) is 50.8. The van der Waals surface area contributed by atoms with E-state index in [-0.39, 0.29) is 24.4 Å². The van der Waals surface area contributed by atoms with Gasteiger partial charge in [-0.3, -0.25) is 14.4 Å². The fraction of sp³-hybridized carbons (Fsp3) is 0.296. The number of carbonyl (C=O) groups excluding carboxylic acids is 2. The molecule has 11 heteroatoms. The van der Waals surface area contributed by atoms with Crippen LogP contribution in [0, 0.1) is 0 Å². The third kappa shape index (κ3) is 5.37. The number of benzene rings is 2. The Hall–Kier alpha value is -4.25. The van der Waals surface area contributed by atoms with Crippen LogP contribution in [-0.4, -0.2) is 77.1 Å². The molecule has 0 aliphatic carbocycles. The van der Waals surface area contributed by atoms with E-state index in [1.165, 1.54) is 13.2 Å². The number of carboxylic acid groups (broad SMARTS) is 1. The van der Waals surface area contributed by atoms with Crippen LogP contribution in [-0.2, 0) is 9.59 Å². The minimum absolute atomic E-state index is 0.0251. The topological polar surface area (TPSA) is 125 Å². The molecular formula is C27H27N5O5S. The number of carbonyl (C=O) groups is 3. The Morgan fingerprint density at radius 1 is 1.03 bits per heavy atom. The normalized spacial score (nSPS) is 14.4. The summed E-state index contributed by atoms with van der Waals surface area (Å²) in [6.45, 7) is 2.07. The van der Waals surface area contributed by atoms with Gasteiger partial charge >= 0.3 is 5.97 Å². The first-order valence-electron chi connectivity index (χ1n) is 12.3. The van der Waals surface area contributed by atoms with Crippen molar-refractivity contribution in [1.29, 1.82) is 0 Å². The van der Waals surface area contributed by atoms with E-state index < -0.39 is 17.9 Å². The van der Waals surface area contributed by atoms with Crippen molar-refractivity contribution in [3.8, 4) is 5.75 Å². The van der Waals surface area contributed by atoms with Gasteiger partial charge in [-0.25, -0.2) is 9.97 Å². The Morgan fingerprint density at radius 3 is 2.45 bits per heavy atom. The summed E-state index contributed by atoms with van der Waals surface area (Å²) in [6.07, 6.45) is -0.278. The van der Waals surface area contributed by atoms with Crippen molar-refractivity contribution in [3.63, 3.8) is 0 Å². The third-order valence-corrected chi connectivity index (χ3v) is 7.62. The number of rotatable bonds is 8. The summed E-state index contributed by atoms with van der Waals surface area (Å²) in [6, 6.07) is 15.7. The summed E-state index contributed by atoms with van der Waals surface area (Å²) in [5.41, 5.74) is 1.62. The zero-order chi connectivity index (χ0) is 26.6. The minimum atomic E-state index is -1.04. The van der Waals surface area contributed by atoms with Crippen molar-refractivity contribution in [2.24, 2.45) is 0 Å². The van der Waals surface area contributed by atoms with E-state index >= 15 is 0 Å². The average molecular weight is 534 g/mol. The largest absolute Gasteiger partial charge is 0.496 e. The monoisotopic (exact) mass is 533 g/mol. The van der Waals surface area contributed by atoms with Crippen molar-refractivity contribution in [2.45, 2.75) is 18.9 Å². The van der Waals surface area contributed by atoms with Crippen LogP contribution in [0.5, 0.6) is 5.75 Å². The highest BCUT2D eigenvalue weighted by Gasteiger charge is 2.30. The molecule has 0 bridgehead atoms. The molecular weight excluding hydrogens is 506 g/mol. The van der Waals surface area contributed by atoms with Gasteiger partial charge in [-0.1, -0.05) is 35.6 Å². The number of ether oxygens (including phenoxy) is 1. The van der Waals surface area contributed by atoms with Crippen molar-refractivity contribution in [2.75, 3.05) is 38.2 Å². The standard InChI is InChI=1S/C27H27N5O5S/c1-37-22-16-21(28-18-7-3-2-6-17(18)22)25(35)29-20(10-11-24(33)34)26(36)31-12-14-32(15-13-31)27-30-19-8-4-5-9-23(19)38-27/h2-9,16,20H,10-15H2,1H3,(H,29,35)(H,33,34). The van der Waals surface area contributed by atoms with Crippen molar-refractivity contribution in [3.05, 3.63) is 60.3 Å². The van der Waals surface area contributed by atoms with E-state index in [0.29, 0.717) is 37.4 Å². The number of thiazole rings is 1. The highest BCUT2D eigenvalue weighted by atomic mass is 32.1. The molecule has 1 fully saturated rings. The predicted molar refractivity (Wildman–Crippen MR) is 145 cm³/mol. The van der Waals surface area contributed by atoms with Gasteiger partial charge in [-0.15, -0.1) is 0 Å². The number of hydrogen-bond acceptors (Lipinski definition) is 8. The molecule has 0 radical (unpaired) electrons. The lowest BCUT2D eigenvalue weighted by Gasteiger charge is -2.36. The molecule has 1 unspecified atom stereocenters. The minimum Gasteiger partial charge on any atom is -0.496 e. The number of pyridine rings is 1. The molecule has 1 atom stereocenters. The number of anilines is 1. The number of piperazine rings is 1. The number of para-hydroxylation sites is 2. The highest BCUT2D eigenvalue weighted by Crippen LogP contribution is 2.29. The summed E-state index contributed by atoms with van der Waals surface area (Å²) in [5, 5.41) is 13.6. The van der Waals surface area contributed by atoms with Crippen LogP contribution >= 0.6 is 11.3 Å². The molecule has 0 saturated carbocycles. The number of hydrogen-bond donors (Lipinski definition) is 2. The number of amides is 2. The zero-order valence-electron chi connectivity index (χ0n) is 20.8. The second-order valence-corrected chi connectivity index (χ2v) is 9.97. The van der Waals surface area contributed by atoms with Crippen LogP contribution in [0.4, 0.5) is 5.13 Å². The second-order valence-electron chi connectivity index (χ2n) is 8.96. The maximum absolute atomic E-state index is 13.4. The molecule has 2 N–H and O–H groups in total. The zero-order valence-corrected chi connectivity index (χ0v) is 21.6. The Kier molecular flexibility index (Phi) is 7.36. The molecule has 2 aromatic carbocycles. The van der Waals surface area contributed by atoms with Crippen LogP contribution < -0.4 is 15.0 Å².